The molecular weight excluding hydrogens is 396 g/mol. The summed E-state index contributed by atoms with van der Waals surface area (Å²) in [6.45, 7) is -0.863. The zero-order chi connectivity index (χ0) is 29.2. The van der Waals surface area contributed by atoms with E-state index in [0.29, 0.717) is 12.8 Å². The summed E-state index contributed by atoms with van der Waals surface area (Å²) in [5.74, 6) is -1.82. The van der Waals surface area contributed by atoms with Crippen LogP contribution in [-0.4, -0.2) is 52.5 Å². The molecular formula is C25H34O6. The number of hydrogen-bond donors (Lipinski definition) is 2. The molecule has 0 aromatic heterocycles. The van der Waals surface area contributed by atoms with E-state index in [1.807, 2.05) is 13.0 Å². The first-order valence-corrected chi connectivity index (χ1v) is 10.9. The van der Waals surface area contributed by atoms with Crippen molar-refractivity contribution in [2.24, 2.45) is 28.6 Å². The van der Waals surface area contributed by atoms with Gasteiger partial charge in [0, 0.05) is 26.3 Å². The van der Waals surface area contributed by atoms with Crippen LogP contribution < -0.4 is 0 Å². The molecule has 0 aromatic carbocycles. The Morgan fingerprint density at radius 3 is 3.00 bits per heavy atom. The highest BCUT2D eigenvalue weighted by Crippen LogP contribution is 2.69. The largest absolute Gasteiger partial charge is 0.393 e. The third kappa shape index (κ3) is 2.65. The smallest absolute Gasteiger partial charge is 0.193 e. The van der Waals surface area contributed by atoms with Gasteiger partial charge in [-0.05, 0) is 56.0 Å². The average molecular weight is 439 g/mol. The van der Waals surface area contributed by atoms with Crippen LogP contribution in [0.4, 0.5) is 0 Å². The lowest BCUT2D eigenvalue weighted by Crippen LogP contribution is -2.63. The summed E-state index contributed by atoms with van der Waals surface area (Å²) < 4.78 is 75.9. The van der Waals surface area contributed by atoms with Gasteiger partial charge in [0.05, 0.1) is 13.6 Å². The lowest BCUT2D eigenvalue weighted by Gasteiger charge is -2.59. The molecule has 4 fully saturated rings. The van der Waals surface area contributed by atoms with Crippen LogP contribution in [0.15, 0.2) is 23.8 Å². The fourth-order valence-corrected chi connectivity index (χ4v) is 7.69. The molecule has 0 unspecified atom stereocenters. The van der Waals surface area contributed by atoms with Crippen LogP contribution in [0.3, 0.4) is 0 Å². The molecule has 6 nitrogen and oxygen atoms in total. The molecule has 31 heavy (non-hydrogen) atoms. The summed E-state index contributed by atoms with van der Waals surface area (Å²) in [5.41, 5.74) is -3.04. The van der Waals surface area contributed by atoms with Gasteiger partial charge in [-0.2, -0.15) is 0 Å². The van der Waals surface area contributed by atoms with Gasteiger partial charge in [-0.15, -0.1) is 0 Å². The maximum absolute atomic E-state index is 13.5. The highest BCUT2D eigenvalue weighted by Gasteiger charge is 2.75. The fraction of sp³-hybridized carbons (Fsp3) is 0.760. The van der Waals surface area contributed by atoms with Gasteiger partial charge in [0.15, 0.2) is 23.4 Å². The van der Waals surface area contributed by atoms with Gasteiger partial charge in [0.2, 0.25) is 0 Å². The minimum atomic E-state index is -3.59. The topological polar surface area (TPSA) is 93.1 Å². The van der Waals surface area contributed by atoms with Crippen molar-refractivity contribution in [3.63, 3.8) is 0 Å². The van der Waals surface area contributed by atoms with E-state index < -0.39 is 66.9 Å². The Kier molecular flexibility index (Phi) is 3.20. The standard InChI is InChI=1S/C25H34O6/c1-4-5-21-30-20-11-17-16-7-6-14-10-15(27)8-9-23(14,2)22(16)18(28)12-24(17,3)25(20,31-21)19(29)13-26/h8-10,16-18,20-22,26,28H,4-7,11-13H2,1-3H3/t16-,17-,18-,20+,21+,22+,23-,24-,25+/m0/s1/i1D3,4D2,5D2,21D. The number of rotatable bonds is 4. The molecule has 0 bridgehead atoms. The van der Waals surface area contributed by atoms with Gasteiger partial charge >= 0.3 is 0 Å². The second-order valence-electron chi connectivity index (χ2n) is 10.0. The Bertz CT molecular complexity index is 1170. The van der Waals surface area contributed by atoms with E-state index in [1.165, 1.54) is 6.08 Å². The summed E-state index contributed by atoms with van der Waals surface area (Å²) in [4.78, 5) is 25.6. The predicted octanol–water partition coefficient (Wildman–Crippen LogP) is 2.72. The van der Waals surface area contributed by atoms with Crippen molar-refractivity contribution < 1.29 is 40.2 Å². The summed E-state index contributed by atoms with van der Waals surface area (Å²) in [5, 5.41) is 21.6. The molecule has 5 aliphatic rings. The molecule has 1 aliphatic heterocycles. The number of carbonyl (C=O) groups excluding carboxylic acids is 2. The molecule has 1 saturated heterocycles. The van der Waals surface area contributed by atoms with Crippen LogP contribution in [-0.2, 0) is 19.1 Å². The number of ether oxygens (including phenoxy) is 2. The molecule has 2 N–H and O–H groups in total. The molecule has 0 radical (unpaired) electrons. The lowest BCUT2D eigenvalue weighted by molar-refractivity contribution is -0.200. The van der Waals surface area contributed by atoms with E-state index in [-0.39, 0.29) is 36.4 Å². The van der Waals surface area contributed by atoms with Crippen molar-refractivity contribution in [2.75, 3.05) is 6.61 Å². The highest BCUT2D eigenvalue weighted by atomic mass is 16.7. The Morgan fingerprint density at radius 1 is 1.45 bits per heavy atom. The van der Waals surface area contributed by atoms with Crippen molar-refractivity contribution >= 4 is 11.6 Å². The first-order valence-electron chi connectivity index (χ1n) is 14.9. The van der Waals surface area contributed by atoms with Crippen molar-refractivity contribution in [3.05, 3.63) is 23.8 Å². The number of carbonyl (C=O) groups is 2. The van der Waals surface area contributed by atoms with E-state index in [9.17, 15) is 19.8 Å². The number of aliphatic hydroxyl groups excluding tert-OH is 2. The maximum Gasteiger partial charge on any atom is 0.193 e. The van der Waals surface area contributed by atoms with Gasteiger partial charge in [0.1, 0.15) is 6.61 Å². The van der Waals surface area contributed by atoms with Gasteiger partial charge in [0.25, 0.3) is 0 Å². The van der Waals surface area contributed by atoms with E-state index in [4.69, 9.17) is 20.4 Å². The SMILES string of the molecule is [2H]C([2H])([2H])C([2H])([2H])C([2H])([2H])[C@]1([2H])O[C@@H]2C[C@H]3[C@@H]4CCC5=CC(=O)C=C[C@]5(C)[C@H]4[C@@H](O)C[C@]3(C)[C@]2(C(=O)CO)O1. The maximum atomic E-state index is 13.5. The molecule has 0 amide bonds. The minimum Gasteiger partial charge on any atom is -0.393 e. The third-order valence-corrected chi connectivity index (χ3v) is 8.88. The number of ketones is 2. The molecule has 4 aliphatic carbocycles. The van der Waals surface area contributed by atoms with Crippen LogP contribution in [0.5, 0.6) is 0 Å². The highest BCUT2D eigenvalue weighted by molar-refractivity contribution is 6.01. The van der Waals surface area contributed by atoms with Gasteiger partial charge in [-0.3, -0.25) is 9.59 Å². The van der Waals surface area contributed by atoms with Crippen LogP contribution in [0, 0.1) is 28.6 Å². The van der Waals surface area contributed by atoms with Crippen molar-refractivity contribution in [1.29, 1.82) is 0 Å². The number of fused-ring (bicyclic) bond motifs is 7. The lowest BCUT2D eigenvalue weighted by atomic mass is 9.46. The number of Topliss-reactive ketones (excluding diaryl/α,β-unsaturated/α-hetero) is 1. The van der Waals surface area contributed by atoms with Gasteiger partial charge < -0.3 is 19.7 Å². The zero-order valence-electron chi connectivity index (χ0n) is 25.7. The van der Waals surface area contributed by atoms with Crippen molar-refractivity contribution in [3.8, 4) is 0 Å². The summed E-state index contributed by atoms with van der Waals surface area (Å²) in [6, 6.07) is 0. The van der Waals surface area contributed by atoms with E-state index in [0.717, 1.165) is 5.57 Å². The molecule has 3 saturated carbocycles. The Labute approximate surface area is 194 Å². The number of hydrogen-bond acceptors (Lipinski definition) is 6. The first-order chi connectivity index (χ1) is 17.7. The zero-order valence-corrected chi connectivity index (χ0v) is 17.7. The third-order valence-electron chi connectivity index (χ3n) is 8.88. The molecule has 170 valence electrons. The first kappa shape index (κ1) is 14.0. The quantitative estimate of drug-likeness (QED) is 0.701. The second-order valence-corrected chi connectivity index (χ2v) is 10.0. The Morgan fingerprint density at radius 2 is 2.26 bits per heavy atom. The molecule has 0 spiro atoms. The van der Waals surface area contributed by atoms with Gasteiger partial charge in [-0.1, -0.05) is 38.7 Å². The fourth-order valence-electron chi connectivity index (χ4n) is 7.69. The van der Waals surface area contributed by atoms with Crippen LogP contribution in [0.2, 0.25) is 0 Å². The molecule has 6 heteroatoms. The van der Waals surface area contributed by atoms with E-state index in [1.54, 1.807) is 13.0 Å². The summed E-state index contributed by atoms with van der Waals surface area (Å²) in [7, 11) is 0. The molecule has 9 atom stereocenters. The molecule has 1 heterocycles. The summed E-state index contributed by atoms with van der Waals surface area (Å²) in [6.07, 6.45) is -6.48. The number of allylic oxidation sites excluding steroid dienone is 4. The molecule has 0 aromatic rings. The number of aliphatic hydroxyl groups is 2. The average Bonchev–Trinajstić information content (AvgIpc) is 3.26. The molecule has 5 rings (SSSR count). The van der Waals surface area contributed by atoms with Crippen LogP contribution in [0.25, 0.3) is 0 Å². The monoisotopic (exact) mass is 438 g/mol. The van der Waals surface area contributed by atoms with Crippen molar-refractivity contribution in [1.82, 2.24) is 0 Å². The van der Waals surface area contributed by atoms with Gasteiger partial charge in [-0.25, -0.2) is 0 Å². The van der Waals surface area contributed by atoms with Crippen LogP contribution in [0.1, 0.15) is 70.1 Å². The van der Waals surface area contributed by atoms with E-state index in [2.05, 4.69) is 0 Å². The van der Waals surface area contributed by atoms with Crippen LogP contribution >= 0.6 is 0 Å². The normalized spacial score (nSPS) is 57.9. The summed E-state index contributed by atoms with van der Waals surface area (Å²) >= 11 is 0. The van der Waals surface area contributed by atoms with Crippen molar-refractivity contribution in [2.45, 2.75) is 83.2 Å². The van der Waals surface area contributed by atoms with E-state index >= 15 is 0 Å². The Hall–Kier alpha value is -1.34. The predicted molar refractivity (Wildman–Crippen MR) is 113 cm³/mol. The minimum absolute atomic E-state index is 0.0274. The Balaban J connectivity index is 1.58. The second kappa shape index (κ2) is 7.08.